The Bertz CT molecular complexity index is 1060. The van der Waals surface area contributed by atoms with Crippen molar-refractivity contribution in [3.63, 3.8) is 0 Å². The molecule has 9 heteroatoms. The Hall–Kier alpha value is -2.75. The van der Waals surface area contributed by atoms with Crippen LogP contribution < -0.4 is 11.2 Å². The molecule has 1 amide bonds. The molecule has 28 heavy (non-hydrogen) atoms. The Labute approximate surface area is 163 Å². The third-order valence-corrected chi connectivity index (χ3v) is 6.75. The van der Waals surface area contributed by atoms with E-state index in [9.17, 15) is 13.2 Å². The molecule has 0 radical (unpaired) electrons. The smallest absolute Gasteiger partial charge is 0.299 e. The summed E-state index contributed by atoms with van der Waals surface area (Å²) >= 11 is 0. The zero-order valence-corrected chi connectivity index (χ0v) is 16.0. The molecule has 0 spiro atoms. The first-order valence-electron chi connectivity index (χ1n) is 8.94. The third kappa shape index (κ3) is 3.39. The standard InChI is InChI=1S/C19H20N4O4S/c20-18-17-7-2-1-4-15(17)13-23(18)21-19(24)14-5-3-6-16(12-14)28(25,26)22-8-10-27-11-9-22/h1-7,12,20H,8-11,13H2,(H,21,24)/p+1. The number of hydrazone groups is 1. The monoisotopic (exact) mass is 401 g/mol. The van der Waals surface area contributed by atoms with Crippen molar-refractivity contribution in [2.75, 3.05) is 26.3 Å². The molecule has 0 saturated carbocycles. The molecule has 2 aromatic rings. The summed E-state index contributed by atoms with van der Waals surface area (Å²) < 4.78 is 33.8. The fraction of sp³-hybridized carbons (Fsp3) is 0.263. The van der Waals surface area contributed by atoms with Crippen molar-refractivity contribution < 1.29 is 22.6 Å². The Balaban J connectivity index is 1.55. The van der Waals surface area contributed by atoms with Crippen LogP contribution >= 0.6 is 0 Å². The minimum atomic E-state index is -3.67. The summed E-state index contributed by atoms with van der Waals surface area (Å²) in [4.78, 5) is 12.8. The number of amidine groups is 1. The average Bonchev–Trinajstić information content (AvgIpc) is 3.04. The van der Waals surface area contributed by atoms with Crippen molar-refractivity contribution in [1.82, 2.24) is 9.73 Å². The first kappa shape index (κ1) is 18.6. The first-order valence-corrected chi connectivity index (χ1v) is 10.4. The number of ether oxygens (including phenoxy) is 1. The summed E-state index contributed by atoms with van der Waals surface area (Å²) in [5.41, 5.74) is 11.0. The Morgan fingerprint density at radius 2 is 1.86 bits per heavy atom. The SMILES string of the molecule is NC1=[N+](NC(=O)c2cccc(S(=O)(=O)N3CCOCC3)c2)Cc2ccccc21. The highest BCUT2D eigenvalue weighted by Gasteiger charge is 2.28. The van der Waals surface area contributed by atoms with Crippen molar-refractivity contribution in [3.05, 3.63) is 65.2 Å². The highest BCUT2D eigenvalue weighted by Crippen LogP contribution is 2.19. The Morgan fingerprint density at radius 3 is 2.61 bits per heavy atom. The van der Waals surface area contributed by atoms with Crippen LogP contribution in [0.15, 0.2) is 53.4 Å². The van der Waals surface area contributed by atoms with E-state index in [1.807, 2.05) is 24.3 Å². The van der Waals surface area contributed by atoms with Crippen molar-refractivity contribution in [2.24, 2.45) is 5.73 Å². The van der Waals surface area contributed by atoms with Crippen LogP contribution in [0.3, 0.4) is 0 Å². The van der Waals surface area contributed by atoms with E-state index in [4.69, 9.17) is 10.5 Å². The van der Waals surface area contributed by atoms with Crippen molar-refractivity contribution in [1.29, 1.82) is 0 Å². The number of hydrogen-bond donors (Lipinski definition) is 2. The van der Waals surface area contributed by atoms with Gasteiger partial charge in [0, 0.05) is 24.2 Å². The van der Waals surface area contributed by atoms with Gasteiger partial charge in [-0.3, -0.25) is 10.5 Å². The summed E-state index contributed by atoms with van der Waals surface area (Å²) in [5, 5.41) is 0. The number of hydrazine groups is 1. The lowest BCUT2D eigenvalue weighted by Crippen LogP contribution is -2.41. The van der Waals surface area contributed by atoms with Crippen LogP contribution in [0.1, 0.15) is 21.5 Å². The number of nitrogens with two attached hydrogens (primary N) is 1. The normalized spacial score (nSPS) is 17.4. The van der Waals surface area contributed by atoms with Gasteiger partial charge in [-0.15, -0.1) is 0 Å². The van der Waals surface area contributed by atoms with Gasteiger partial charge in [-0.25, -0.2) is 8.42 Å². The number of morpholine rings is 1. The van der Waals surface area contributed by atoms with Gasteiger partial charge >= 0.3 is 0 Å². The Morgan fingerprint density at radius 1 is 1.11 bits per heavy atom. The number of amides is 1. The lowest BCUT2D eigenvalue weighted by atomic mass is 10.1. The number of nitrogens with one attached hydrogen (secondary N) is 1. The largest absolute Gasteiger partial charge is 0.379 e. The van der Waals surface area contributed by atoms with Gasteiger partial charge in [0.25, 0.3) is 11.7 Å². The summed E-state index contributed by atoms with van der Waals surface area (Å²) in [7, 11) is -3.67. The molecule has 2 aliphatic rings. The molecule has 146 valence electrons. The van der Waals surface area contributed by atoms with E-state index in [1.54, 1.807) is 16.8 Å². The van der Waals surface area contributed by atoms with Crippen LogP contribution in [0.5, 0.6) is 0 Å². The third-order valence-electron chi connectivity index (χ3n) is 4.85. The summed E-state index contributed by atoms with van der Waals surface area (Å²) in [5.74, 6) is 0.0378. The predicted molar refractivity (Wildman–Crippen MR) is 102 cm³/mol. The highest BCUT2D eigenvalue weighted by molar-refractivity contribution is 7.89. The van der Waals surface area contributed by atoms with E-state index >= 15 is 0 Å². The molecule has 0 aliphatic carbocycles. The molecule has 3 N–H and O–H groups in total. The van der Waals surface area contributed by atoms with Crippen LogP contribution in [0.2, 0.25) is 0 Å². The molecule has 8 nitrogen and oxygen atoms in total. The fourth-order valence-corrected chi connectivity index (χ4v) is 4.78. The van der Waals surface area contributed by atoms with Crippen LogP contribution in [0.4, 0.5) is 0 Å². The summed E-state index contributed by atoms with van der Waals surface area (Å²) in [6.07, 6.45) is 0. The second kappa shape index (κ2) is 7.34. The zero-order chi connectivity index (χ0) is 19.7. The maximum absolute atomic E-state index is 12.8. The van der Waals surface area contributed by atoms with Gasteiger partial charge in [-0.05, 0) is 24.3 Å². The molecule has 0 unspecified atom stereocenters. The molecule has 1 fully saturated rings. The van der Waals surface area contributed by atoms with Crippen LogP contribution in [-0.2, 0) is 21.3 Å². The molecule has 2 aliphatic heterocycles. The summed E-state index contributed by atoms with van der Waals surface area (Å²) in [6.45, 7) is 1.79. The molecule has 2 heterocycles. The second-order valence-electron chi connectivity index (χ2n) is 6.61. The lowest BCUT2D eigenvalue weighted by Gasteiger charge is -2.26. The van der Waals surface area contributed by atoms with Gasteiger partial charge in [0.2, 0.25) is 10.0 Å². The number of nitrogens with zero attached hydrogens (tertiary/aromatic N) is 2. The number of fused-ring (bicyclic) bond motifs is 1. The van der Waals surface area contributed by atoms with Gasteiger partial charge in [-0.2, -0.15) is 14.4 Å². The number of carbonyl (C=O) groups excluding carboxylic acids is 1. The van der Waals surface area contributed by atoms with Crippen LogP contribution in [-0.4, -0.2) is 55.5 Å². The molecule has 1 saturated heterocycles. The summed E-state index contributed by atoms with van der Waals surface area (Å²) in [6, 6.07) is 13.7. The van der Waals surface area contributed by atoms with Gasteiger partial charge in [-0.1, -0.05) is 24.3 Å². The van der Waals surface area contributed by atoms with Crippen molar-refractivity contribution in [3.8, 4) is 0 Å². The van der Waals surface area contributed by atoms with E-state index in [-0.39, 0.29) is 10.5 Å². The average molecular weight is 401 g/mol. The van der Waals surface area contributed by atoms with Gasteiger partial charge in [0.1, 0.15) is 6.54 Å². The molecule has 4 rings (SSSR count). The Kier molecular flexibility index (Phi) is 4.88. The van der Waals surface area contributed by atoms with E-state index in [2.05, 4.69) is 5.43 Å². The molecule has 0 atom stereocenters. The van der Waals surface area contributed by atoms with Gasteiger partial charge < -0.3 is 4.74 Å². The number of rotatable bonds is 4. The first-order chi connectivity index (χ1) is 13.5. The quantitative estimate of drug-likeness (QED) is 0.717. The maximum Gasteiger partial charge on any atom is 0.299 e. The second-order valence-corrected chi connectivity index (χ2v) is 8.55. The number of sulfonamides is 1. The van der Waals surface area contributed by atoms with E-state index in [0.717, 1.165) is 11.1 Å². The van der Waals surface area contributed by atoms with Gasteiger partial charge in [0.15, 0.2) is 0 Å². The molecule has 0 aromatic heterocycles. The number of hydrogen-bond acceptors (Lipinski definition) is 5. The number of carbonyl (C=O) groups is 1. The fourth-order valence-electron chi connectivity index (χ4n) is 3.33. The predicted octanol–water partition coefficient (Wildman–Crippen LogP) is 0.284. The highest BCUT2D eigenvalue weighted by atomic mass is 32.2. The topological polar surface area (TPSA) is 105 Å². The van der Waals surface area contributed by atoms with Crippen molar-refractivity contribution in [2.45, 2.75) is 11.4 Å². The minimum absolute atomic E-state index is 0.0868. The van der Waals surface area contributed by atoms with E-state index < -0.39 is 15.9 Å². The lowest BCUT2D eigenvalue weighted by molar-refractivity contribution is -0.584. The van der Waals surface area contributed by atoms with Gasteiger partial charge in [0.05, 0.1) is 23.7 Å². The molecule has 0 bridgehead atoms. The minimum Gasteiger partial charge on any atom is -0.379 e. The van der Waals surface area contributed by atoms with Crippen LogP contribution in [0, 0.1) is 0 Å². The molecule has 2 aromatic carbocycles. The van der Waals surface area contributed by atoms with E-state index in [0.29, 0.717) is 38.7 Å². The maximum atomic E-state index is 12.8. The van der Waals surface area contributed by atoms with E-state index in [1.165, 1.54) is 16.4 Å². The van der Waals surface area contributed by atoms with Crippen molar-refractivity contribution >= 4 is 21.8 Å². The van der Waals surface area contributed by atoms with Crippen LogP contribution in [0.25, 0.3) is 0 Å². The number of benzene rings is 2. The molecular weight excluding hydrogens is 380 g/mol. The molecular formula is C19H21N4O4S+. The zero-order valence-electron chi connectivity index (χ0n) is 15.2.